The Morgan fingerprint density at radius 3 is 2.56 bits per heavy atom. The molecule has 224 valence electrons. The van der Waals surface area contributed by atoms with Crippen LogP contribution >= 0.6 is 11.8 Å². The standard InChI is InChI=1S/C32H44N2O6S/c1-4-6-7-12-22-40-31(38)26-25-17-18-32(41-25)27(26)29(36)34(20-10-8-9-11-21-35)28(32)30(37)33(19-5-2)23-13-15-24(39-3)16-14-23/h4-5,13-16,25-28,35H,1-2,6-12,17-22H2,3H3/t25-,26+,27+,28?,32?/m1/s1. The predicted molar refractivity (Wildman–Crippen MR) is 162 cm³/mol. The molecule has 0 radical (unpaired) electrons. The molecular weight excluding hydrogens is 540 g/mol. The average Bonchev–Trinajstić information content (AvgIpc) is 3.63. The van der Waals surface area contributed by atoms with Crippen LogP contribution in [0.1, 0.15) is 57.8 Å². The lowest BCUT2D eigenvalue weighted by molar-refractivity contribution is -0.154. The highest BCUT2D eigenvalue weighted by Gasteiger charge is 2.74. The van der Waals surface area contributed by atoms with Gasteiger partial charge in [0.2, 0.25) is 5.91 Å². The number of benzene rings is 1. The quantitative estimate of drug-likeness (QED) is 0.160. The van der Waals surface area contributed by atoms with Gasteiger partial charge in [0.15, 0.2) is 0 Å². The number of hydrogen-bond acceptors (Lipinski definition) is 7. The number of esters is 1. The van der Waals surface area contributed by atoms with Crippen molar-refractivity contribution in [1.29, 1.82) is 0 Å². The second-order valence-electron chi connectivity index (χ2n) is 11.1. The van der Waals surface area contributed by atoms with Gasteiger partial charge in [-0.3, -0.25) is 14.4 Å². The first-order chi connectivity index (χ1) is 19.9. The Balaban J connectivity index is 1.62. The lowest BCUT2D eigenvalue weighted by atomic mass is 9.71. The van der Waals surface area contributed by atoms with E-state index in [1.54, 1.807) is 34.7 Å². The summed E-state index contributed by atoms with van der Waals surface area (Å²) in [6.07, 6.45) is 10.7. The zero-order chi connectivity index (χ0) is 29.4. The van der Waals surface area contributed by atoms with E-state index in [-0.39, 0.29) is 29.6 Å². The van der Waals surface area contributed by atoms with Crippen molar-refractivity contribution < 1.29 is 29.0 Å². The molecule has 8 nitrogen and oxygen atoms in total. The maximum atomic E-state index is 14.5. The molecule has 9 heteroatoms. The fourth-order valence-electron chi connectivity index (χ4n) is 6.71. The largest absolute Gasteiger partial charge is 0.497 e. The number of allylic oxidation sites excluding steroid dienone is 1. The Morgan fingerprint density at radius 2 is 1.88 bits per heavy atom. The number of nitrogens with zero attached hydrogens (tertiary/aromatic N) is 2. The van der Waals surface area contributed by atoms with Gasteiger partial charge in [0, 0.05) is 30.6 Å². The Bertz CT molecular complexity index is 1090. The first kappa shape index (κ1) is 31.2. The summed E-state index contributed by atoms with van der Waals surface area (Å²) in [6, 6.07) is 6.64. The molecule has 0 aliphatic carbocycles. The number of anilines is 1. The molecule has 0 aromatic heterocycles. The first-order valence-electron chi connectivity index (χ1n) is 14.9. The maximum Gasteiger partial charge on any atom is 0.310 e. The van der Waals surface area contributed by atoms with Gasteiger partial charge in [-0.2, -0.15) is 0 Å². The Hall–Kier alpha value is -2.78. The molecule has 4 rings (SSSR count). The zero-order valence-corrected chi connectivity index (χ0v) is 25.0. The summed E-state index contributed by atoms with van der Waals surface area (Å²) in [6.45, 7) is 8.83. The van der Waals surface area contributed by atoms with Gasteiger partial charge in [0.25, 0.3) is 5.91 Å². The molecule has 0 saturated carbocycles. The minimum Gasteiger partial charge on any atom is -0.497 e. The van der Waals surface area contributed by atoms with Crippen LogP contribution < -0.4 is 9.64 Å². The van der Waals surface area contributed by atoms with Crippen LogP contribution in [0.15, 0.2) is 49.6 Å². The fraction of sp³-hybridized carbons (Fsp3) is 0.594. The molecule has 2 unspecified atom stereocenters. The van der Waals surface area contributed by atoms with Crippen molar-refractivity contribution >= 4 is 35.2 Å². The second-order valence-corrected chi connectivity index (χ2v) is 12.7. The molecule has 3 aliphatic rings. The van der Waals surface area contributed by atoms with Gasteiger partial charge in [-0.15, -0.1) is 24.9 Å². The fourth-order valence-corrected chi connectivity index (χ4v) is 8.91. The van der Waals surface area contributed by atoms with E-state index in [2.05, 4.69) is 13.2 Å². The molecule has 1 aromatic carbocycles. The van der Waals surface area contributed by atoms with Crippen LogP contribution in [-0.2, 0) is 19.1 Å². The second kappa shape index (κ2) is 14.4. The van der Waals surface area contributed by atoms with Crippen LogP contribution in [0, 0.1) is 11.8 Å². The number of aliphatic hydroxyl groups is 1. The number of methoxy groups -OCH3 is 1. The number of unbranched alkanes of at least 4 members (excludes halogenated alkanes) is 5. The summed E-state index contributed by atoms with van der Waals surface area (Å²) < 4.78 is 10.4. The van der Waals surface area contributed by atoms with Crippen molar-refractivity contribution in [3.8, 4) is 5.75 Å². The number of fused-ring (bicyclic) bond motifs is 1. The monoisotopic (exact) mass is 584 g/mol. The van der Waals surface area contributed by atoms with Crippen LogP contribution in [0.25, 0.3) is 0 Å². The average molecular weight is 585 g/mol. The summed E-state index contributed by atoms with van der Waals surface area (Å²) in [5.41, 5.74) is 0.707. The van der Waals surface area contributed by atoms with Crippen LogP contribution in [0.4, 0.5) is 5.69 Å². The van der Waals surface area contributed by atoms with E-state index in [0.29, 0.717) is 44.0 Å². The van der Waals surface area contributed by atoms with Crippen molar-refractivity contribution in [2.75, 3.05) is 38.3 Å². The van der Waals surface area contributed by atoms with Crippen LogP contribution in [0.5, 0.6) is 5.75 Å². The number of hydrogen-bond donors (Lipinski definition) is 1. The van der Waals surface area contributed by atoms with E-state index in [1.165, 1.54) is 0 Å². The Morgan fingerprint density at radius 1 is 1.12 bits per heavy atom. The lowest BCUT2D eigenvalue weighted by Gasteiger charge is -2.37. The summed E-state index contributed by atoms with van der Waals surface area (Å²) in [4.78, 5) is 45.6. The van der Waals surface area contributed by atoms with Gasteiger partial charge < -0.3 is 24.4 Å². The highest BCUT2D eigenvalue weighted by molar-refractivity contribution is 8.02. The number of thioether (sulfide) groups is 1. The Kier molecular flexibility index (Phi) is 10.9. The predicted octanol–water partition coefficient (Wildman–Crippen LogP) is 4.76. The highest BCUT2D eigenvalue weighted by Crippen LogP contribution is 2.66. The number of likely N-dealkylation sites (tertiary alicyclic amines) is 1. The molecule has 1 N–H and O–H groups in total. The summed E-state index contributed by atoms with van der Waals surface area (Å²) in [5, 5.41) is 9.14. The molecule has 41 heavy (non-hydrogen) atoms. The molecule has 2 bridgehead atoms. The van der Waals surface area contributed by atoms with Gasteiger partial charge in [-0.25, -0.2) is 0 Å². The summed E-state index contributed by atoms with van der Waals surface area (Å²) in [5.74, 6) is -0.983. The van der Waals surface area contributed by atoms with Crippen molar-refractivity contribution in [3.63, 3.8) is 0 Å². The van der Waals surface area contributed by atoms with E-state index >= 15 is 0 Å². The van der Waals surface area contributed by atoms with Gasteiger partial charge in [0.1, 0.15) is 11.8 Å². The van der Waals surface area contributed by atoms with Crippen molar-refractivity contribution in [1.82, 2.24) is 4.90 Å². The number of amides is 2. The lowest BCUT2D eigenvalue weighted by Crippen LogP contribution is -2.55. The van der Waals surface area contributed by atoms with Crippen LogP contribution in [0.2, 0.25) is 0 Å². The third kappa shape index (κ3) is 6.36. The van der Waals surface area contributed by atoms with Crippen molar-refractivity contribution in [2.45, 2.75) is 73.8 Å². The third-order valence-corrected chi connectivity index (χ3v) is 10.6. The summed E-state index contributed by atoms with van der Waals surface area (Å²) >= 11 is 1.66. The van der Waals surface area contributed by atoms with E-state index in [9.17, 15) is 14.4 Å². The number of carbonyl (C=O) groups excluding carboxylic acids is 3. The zero-order valence-electron chi connectivity index (χ0n) is 24.2. The Labute approximate surface area is 248 Å². The van der Waals surface area contributed by atoms with Crippen molar-refractivity contribution in [2.24, 2.45) is 11.8 Å². The van der Waals surface area contributed by atoms with E-state index < -0.39 is 22.6 Å². The molecule has 1 spiro atoms. The number of rotatable bonds is 17. The van der Waals surface area contributed by atoms with Gasteiger partial charge >= 0.3 is 5.97 Å². The smallest absolute Gasteiger partial charge is 0.310 e. The number of ether oxygens (including phenoxy) is 2. The van der Waals surface area contributed by atoms with Crippen LogP contribution in [-0.4, -0.2) is 77.2 Å². The normalized spacial score (nSPS) is 26.1. The van der Waals surface area contributed by atoms with Gasteiger partial charge in [-0.1, -0.05) is 25.0 Å². The summed E-state index contributed by atoms with van der Waals surface area (Å²) in [7, 11) is 1.60. The SMILES string of the molecule is C=CCCCCOC(=O)[C@@H]1[C@H]2C(=O)N(CCCCCCO)C(C(=O)N(CC=C)c3ccc(OC)cc3)C23CC[C@H]1S3. The van der Waals surface area contributed by atoms with Gasteiger partial charge in [0.05, 0.1) is 30.3 Å². The van der Waals surface area contributed by atoms with Crippen molar-refractivity contribution in [3.05, 3.63) is 49.6 Å². The molecule has 5 atom stereocenters. The van der Waals surface area contributed by atoms with E-state index in [0.717, 1.165) is 44.9 Å². The number of carbonyl (C=O) groups is 3. The third-order valence-electron chi connectivity index (χ3n) is 8.62. The molecular formula is C32H44N2O6S. The molecule has 3 saturated heterocycles. The van der Waals surface area contributed by atoms with E-state index in [4.69, 9.17) is 14.6 Å². The molecule has 1 aromatic rings. The highest BCUT2D eigenvalue weighted by atomic mass is 32.2. The molecule has 3 fully saturated rings. The molecule has 3 heterocycles. The minimum atomic E-state index is -0.680. The molecule has 2 amide bonds. The molecule has 3 aliphatic heterocycles. The maximum absolute atomic E-state index is 14.5. The minimum absolute atomic E-state index is 0.0273. The number of aliphatic hydroxyl groups excluding tert-OH is 1. The first-order valence-corrected chi connectivity index (χ1v) is 15.7. The van der Waals surface area contributed by atoms with Crippen LogP contribution in [0.3, 0.4) is 0 Å². The van der Waals surface area contributed by atoms with Gasteiger partial charge in [-0.05, 0) is 69.2 Å². The topological polar surface area (TPSA) is 96.4 Å². The van der Waals surface area contributed by atoms with E-state index in [1.807, 2.05) is 30.3 Å².